The Kier molecular flexibility index (Phi) is 4.38. The molecule has 6 heteroatoms. The highest BCUT2D eigenvalue weighted by atomic mass is 16.5. The van der Waals surface area contributed by atoms with Crippen molar-refractivity contribution < 1.29 is 14.3 Å². The van der Waals surface area contributed by atoms with Crippen LogP contribution in [0.2, 0.25) is 0 Å². The van der Waals surface area contributed by atoms with Gasteiger partial charge in [-0.1, -0.05) is 24.3 Å². The van der Waals surface area contributed by atoms with Crippen LogP contribution in [0, 0.1) is 5.92 Å². The summed E-state index contributed by atoms with van der Waals surface area (Å²) in [6.07, 6.45) is 8.83. The Morgan fingerprint density at radius 2 is 2.04 bits per heavy atom. The van der Waals surface area contributed by atoms with E-state index in [1.54, 1.807) is 44.5 Å². The van der Waals surface area contributed by atoms with Gasteiger partial charge in [-0.05, 0) is 49.8 Å². The van der Waals surface area contributed by atoms with Crippen molar-refractivity contribution in [3.05, 3.63) is 42.0 Å². The first-order chi connectivity index (χ1) is 11.5. The molecule has 1 fully saturated rings. The number of rotatable bonds is 4. The molecule has 2 aliphatic rings. The maximum atomic E-state index is 12.7. The zero-order valence-corrected chi connectivity index (χ0v) is 13.9. The number of urea groups is 1. The van der Waals surface area contributed by atoms with Crippen LogP contribution in [0.25, 0.3) is 0 Å². The average Bonchev–Trinajstić information content (AvgIpc) is 2.84. The minimum Gasteiger partial charge on any atom is -0.497 e. The quantitative estimate of drug-likeness (QED) is 0.525. The number of amides is 3. The van der Waals surface area contributed by atoms with E-state index >= 15 is 0 Å². The molecule has 24 heavy (non-hydrogen) atoms. The van der Waals surface area contributed by atoms with Gasteiger partial charge < -0.3 is 10.1 Å². The van der Waals surface area contributed by atoms with Gasteiger partial charge in [-0.25, -0.2) is 4.79 Å². The van der Waals surface area contributed by atoms with Gasteiger partial charge in [0.15, 0.2) is 0 Å². The third-order valence-electron chi connectivity index (χ3n) is 4.54. The van der Waals surface area contributed by atoms with Gasteiger partial charge >= 0.3 is 6.03 Å². The number of hydrogen-bond donors (Lipinski definition) is 1. The summed E-state index contributed by atoms with van der Waals surface area (Å²) < 4.78 is 5.13. The number of carbonyl (C=O) groups is 2. The van der Waals surface area contributed by atoms with Gasteiger partial charge in [0.2, 0.25) is 0 Å². The Balaban J connectivity index is 1.79. The zero-order valence-electron chi connectivity index (χ0n) is 13.9. The minimum atomic E-state index is -1.12. The lowest BCUT2D eigenvalue weighted by atomic mass is 9.92. The van der Waals surface area contributed by atoms with E-state index in [-0.39, 0.29) is 11.8 Å². The van der Waals surface area contributed by atoms with E-state index in [4.69, 9.17) is 4.74 Å². The fraction of sp³-hybridized carbons (Fsp3) is 0.389. The van der Waals surface area contributed by atoms with Crippen molar-refractivity contribution >= 4 is 18.2 Å². The molecule has 0 aromatic heterocycles. The third-order valence-corrected chi connectivity index (χ3v) is 4.54. The van der Waals surface area contributed by atoms with Gasteiger partial charge in [0.25, 0.3) is 5.91 Å². The number of nitrogens with one attached hydrogen (secondary N) is 1. The molecule has 0 saturated carbocycles. The number of carbonyl (C=O) groups excluding carboxylic acids is 2. The van der Waals surface area contributed by atoms with Crippen LogP contribution in [0.4, 0.5) is 4.79 Å². The highest BCUT2D eigenvalue weighted by molar-refractivity contribution is 6.07. The summed E-state index contributed by atoms with van der Waals surface area (Å²) in [5.41, 5.74) is -0.423. The topological polar surface area (TPSA) is 71.0 Å². The standard InChI is InChI=1S/C18H21N3O3/c1-18(14-8-10-15(24-2)11-9-14)16(22)21(17(23)20-18)19-12-13-6-4-3-5-7-13/h3-4,8-13H,5-7H2,1-2H3,(H,20,23)/b19-12-/t13-,18+/m1/s1. The number of hydrogen-bond acceptors (Lipinski definition) is 4. The molecule has 1 saturated heterocycles. The molecule has 3 amide bonds. The number of allylic oxidation sites excluding steroid dienone is 2. The lowest BCUT2D eigenvalue weighted by Gasteiger charge is -2.21. The summed E-state index contributed by atoms with van der Waals surface area (Å²) in [6.45, 7) is 1.69. The van der Waals surface area contributed by atoms with E-state index in [2.05, 4.69) is 22.6 Å². The predicted octanol–water partition coefficient (Wildman–Crippen LogP) is 2.80. The zero-order chi connectivity index (χ0) is 17.2. The molecule has 0 unspecified atom stereocenters. The Labute approximate surface area is 141 Å². The largest absolute Gasteiger partial charge is 0.497 e. The van der Waals surface area contributed by atoms with E-state index in [1.807, 2.05) is 0 Å². The summed E-state index contributed by atoms with van der Waals surface area (Å²) in [7, 11) is 1.58. The molecule has 0 bridgehead atoms. The van der Waals surface area contributed by atoms with E-state index in [1.165, 1.54) is 0 Å². The molecule has 1 N–H and O–H groups in total. The van der Waals surface area contributed by atoms with Crippen LogP contribution in [-0.2, 0) is 10.3 Å². The second kappa shape index (κ2) is 6.47. The molecular weight excluding hydrogens is 306 g/mol. The smallest absolute Gasteiger partial charge is 0.346 e. The first-order valence-corrected chi connectivity index (χ1v) is 8.05. The fourth-order valence-corrected chi connectivity index (χ4v) is 2.96. The van der Waals surface area contributed by atoms with Gasteiger partial charge in [0.05, 0.1) is 7.11 Å². The van der Waals surface area contributed by atoms with Crippen molar-refractivity contribution in [2.24, 2.45) is 11.0 Å². The second-order valence-electron chi connectivity index (χ2n) is 6.21. The van der Waals surface area contributed by atoms with E-state index in [0.29, 0.717) is 11.3 Å². The monoisotopic (exact) mass is 327 g/mol. The van der Waals surface area contributed by atoms with Crippen molar-refractivity contribution in [1.29, 1.82) is 0 Å². The van der Waals surface area contributed by atoms with Crippen LogP contribution in [0.3, 0.4) is 0 Å². The maximum Gasteiger partial charge on any atom is 0.346 e. The molecule has 1 aliphatic carbocycles. The molecule has 2 atom stereocenters. The van der Waals surface area contributed by atoms with Crippen LogP contribution in [0.1, 0.15) is 31.7 Å². The highest BCUT2D eigenvalue weighted by Gasteiger charge is 2.49. The molecule has 0 spiro atoms. The molecule has 3 rings (SSSR count). The molecule has 6 nitrogen and oxygen atoms in total. The van der Waals surface area contributed by atoms with E-state index in [0.717, 1.165) is 24.3 Å². The SMILES string of the molecule is COc1ccc([C@]2(C)NC(=O)N(/N=C\[C@@H]3CC=CCC3)C2=O)cc1. The predicted molar refractivity (Wildman–Crippen MR) is 90.7 cm³/mol. The van der Waals surface area contributed by atoms with Gasteiger partial charge in [-0.15, -0.1) is 5.01 Å². The van der Waals surface area contributed by atoms with Crippen LogP contribution in [-0.4, -0.2) is 30.3 Å². The lowest BCUT2D eigenvalue weighted by Crippen LogP contribution is -2.40. The second-order valence-corrected chi connectivity index (χ2v) is 6.21. The van der Waals surface area contributed by atoms with Crippen LogP contribution in [0.15, 0.2) is 41.5 Å². The summed E-state index contributed by atoms with van der Waals surface area (Å²) in [6, 6.07) is 6.58. The number of imide groups is 1. The lowest BCUT2D eigenvalue weighted by molar-refractivity contribution is -0.131. The molecular formula is C18H21N3O3. The van der Waals surface area contributed by atoms with Gasteiger partial charge in [-0.3, -0.25) is 4.79 Å². The average molecular weight is 327 g/mol. The number of methoxy groups -OCH3 is 1. The van der Waals surface area contributed by atoms with Crippen LogP contribution >= 0.6 is 0 Å². The van der Waals surface area contributed by atoms with E-state index in [9.17, 15) is 9.59 Å². The summed E-state index contributed by atoms with van der Waals surface area (Å²) in [5.74, 6) is 0.586. The van der Waals surface area contributed by atoms with Crippen molar-refractivity contribution in [2.75, 3.05) is 7.11 Å². The summed E-state index contributed by atoms with van der Waals surface area (Å²) >= 11 is 0. The van der Waals surface area contributed by atoms with Crippen molar-refractivity contribution in [1.82, 2.24) is 10.3 Å². The molecule has 0 radical (unpaired) electrons. The number of hydrazone groups is 1. The third kappa shape index (κ3) is 2.91. The first-order valence-electron chi connectivity index (χ1n) is 8.05. The Morgan fingerprint density at radius 3 is 2.67 bits per heavy atom. The van der Waals surface area contributed by atoms with E-state index < -0.39 is 11.6 Å². The molecule has 1 aromatic carbocycles. The Hall–Kier alpha value is -2.63. The first kappa shape index (κ1) is 16.2. The number of ether oxygens (including phenoxy) is 1. The molecule has 1 aromatic rings. The number of nitrogens with zero attached hydrogens (tertiary/aromatic N) is 2. The fourth-order valence-electron chi connectivity index (χ4n) is 2.96. The Morgan fingerprint density at radius 1 is 1.29 bits per heavy atom. The molecule has 1 aliphatic heterocycles. The molecule has 1 heterocycles. The van der Waals surface area contributed by atoms with Gasteiger partial charge in [0.1, 0.15) is 11.3 Å². The number of benzene rings is 1. The van der Waals surface area contributed by atoms with Gasteiger partial charge in [-0.2, -0.15) is 5.10 Å². The summed E-state index contributed by atoms with van der Waals surface area (Å²) in [4.78, 5) is 25.0. The van der Waals surface area contributed by atoms with Crippen molar-refractivity contribution in [3.8, 4) is 5.75 Å². The van der Waals surface area contributed by atoms with Gasteiger partial charge in [0, 0.05) is 6.21 Å². The van der Waals surface area contributed by atoms with Crippen LogP contribution in [0.5, 0.6) is 5.75 Å². The van der Waals surface area contributed by atoms with Crippen molar-refractivity contribution in [3.63, 3.8) is 0 Å². The summed E-state index contributed by atoms with van der Waals surface area (Å²) in [5, 5.41) is 7.83. The molecule has 126 valence electrons. The van der Waals surface area contributed by atoms with Crippen LogP contribution < -0.4 is 10.1 Å². The minimum absolute atomic E-state index is 0.267. The highest BCUT2D eigenvalue weighted by Crippen LogP contribution is 2.30. The van der Waals surface area contributed by atoms with Crippen molar-refractivity contribution in [2.45, 2.75) is 31.7 Å². The maximum absolute atomic E-state index is 12.7. The normalized spacial score (nSPS) is 26.9. The Bertz CT molecular complexity index is 696.